The number of hydrogen-bond acceptors (Lipinski definition) is 8. The van der Waals surface area contributed by atoms with Gasteiger partial charge in [-0.1, -0.05) is 99.6 Å². The lowest BCUT2D eigenvalue weighted by atomic mass is 9.77. The molecule has 0 aliphatic carbocycles. The van der Waals surface area contributed by atoms with Crippen LogP contribution >= 0.6 is 0 Å². The highest BCUT2D eigenvalue weighted by molar-refractivity contribution is 5.95. The average molecular weight is 721 g/mol. The van der Waals surface area contributed by atoms with Crippen molar-refractivity contribution in [1.29, 1.82) is 0 Å². The molecule has 0 heterocycles. The predicted molar refractivity (Wildman–Crippen MR) is 187 cm³/mol. The Morgan fingerprint density at radius 1 is 0.588 bits per heavy atom. The van der Waals surface area contributed by atoms with E-state index in [0.29, 0.717) is 5.56 Å². The molecule has 0 aliphatic rings. The van der Waals surface area contributed by atoms with E-state index < -0.39 is 107 Å². The van der Waals surface area contributed by atoms with Gasteiger partial charge in [0, 0.05) is 0 Å². The standard InChI is InChI=1S/C36H56N4O11/c1-19(2)26(29(42)37-25(33(48)49)17-23(32(46)47)36(8,9)10)40-30(43)27(20(3)4)39-28(41)24(16-22(31(44)45)35(5,6)7)38-34(50)51-18-21-14-12-11-13-15-21/h11-15,19-20,22-27H,16-18H2,1-10H3,(H,37,42)(H,38,50)(H,39,41)(H,40,43)(H,44,45)(H,46,47)(H,48,49)/t22?,23?,24-,25-,26-,27-/m0/s1. The van der Waals surface area contributed by atoms with Gasteiger partial charge in [-0.3, -0.25) is 24.0 Å². The lowest BCUT2D eigenvalue weighted by molar-refractivity contribution is -0.149. The Balaban J connectivity index is 3.27. The Hall–Kier alpha value is -4.69. The average Bonchev–Trinajstić information content (AvgIpc) is 2.99. The first-order chi connectivity index (χ1) is 23.4. The van der Waals surface area contributed by atoms with Crippen molar-refractivity contribution in [2.75, 3.05) is 0 Å². The van der Waals surface area contributed by atoms with E-state index in [-0.39, 0.29) is 13.0 Å². The minimum absolute atomic E-state index is 0.117. The lowest BCUT2D eigenvalue weighted by Gasteiger charge is -2.32. The summed E-state index contributed by atoms with van der Waals surface area (Å²) >= 11 is 0. The Morgan fingerprint density at radius 2 is 1.00 bits per heavy atom. The third kappa shape index (κ3) is 14.6. The van der Waals surface area contributed by atoms with Crippen LogP contribution in [0.15, 0.2) is 30.3 Å². The molecule has 0 aromatic heterocycles. The fourth-order valence-corrected chi connectivity index (χ4v) is 5.31. The molecule has 15 heteroatoms. The third-order valence-electron chi connectivity index (χ3n) is 8.56. The molecule has 0 aliphatic heterocycles. The van der Waals surface area contributed by atoms with Crippen molar-refractivity contribution in [2.45, 2.75) is 113 Å². The second-order valence-electron chi connectivity index (χ2n) is 15.6. The van der Waals surface area contributed by atoms with Gasteiger partial charge in [-0.2, -0.15) is 0 Å². The number of amides is 4. The van der Waals surface area contributed by atoms with E-state index in [1.54, 1.807) is 99.6 Å². The molecule has 7 N–H and O–H groups in total. The van der Waals surface area contributed by atoms with Crippen LogP contribution in [-0.4, -0.2) is 81.2 Å². The number of benzene rings is 1. The zero-order valence-corrected chi connectivity index (χ0v) is 31.2. The van der Waals surface area contributed by atoms with Crippen molar-refractivity contribution in [3.63, 3.8) is 0 Å². The van der Waals surface area contributed by atoms with Gasteiger partial charge in [0.1, 0.15) is 30.8 Å². The molecule has 0 radical (unpaired) electrons. The van der Waals surface area contributed by atoms with E-state index in [1.165, 1.54) is 0 Å². The second-order valence-corrected chi connectivity index (χ2v) is 15.6. The third-order valence-corrected chi connectivity index (χ3v) is 8.56. The molecule has 0 bridgehead atoms. The zero-order chi connectivity index (χ0) is 39.4. The Bertz CT molecular complexity index is 1380. The van der Waals surface area contributed by atoms with Gasteiger partial charge in [-0.25, -0.2) is 9.59 Å². The van der Waals surface area contributed by atoms with Crippen molar-refractivity contribution in [2.24, 2.45) is 34.5 Å². The normalized spacial score (nSPS) is 15.4. The second kappa shape index (κ2) is 19.1. The number of carboxylic acids is 3. The highest BCUT2D eigenvalue weighted by Crippen LogP contribution is 2.31. The maximum atomic E-state index is 13.7. The van der Waals surface area contributed by atoms with E-state index in [9.17, 15) is 48.9 Å². The van der Waals surface area contributed by atoms with Gasteiger partial charge in [0.25, 0.3) is 0 Å². The maximum Gasteiger partial charge on any atom is 0.408 e. The van der Waals surface area contributed by atoms with Crippen molar-refractivity contribution >= 4 is 41.7 Å². The number of rotatable bonds is 18. The van der Waals surface area contributed by atoms with Crippen molar-refractivity contribution in [1.82, 2.24) is 21.3 Å². The fourth-order valence-electron chi connectivity index (χ4n) is 5.31. The summed E-state index contributed by atoms with van der Waals surface area (Å²) in [5.74, 6) is -9.73. The van der Waals surface area contributed by atoms with Crippen molar-refractivity contribution < 1.29 is 53.6 Å². The smallest absolute Gasteiger partial charge is 0.408 e. The quantitative estimate of drug-likeness (QED) is 0.116. The molecule has 1 aromatic carbocycles. The van der Waals surface area contributed by atoms with E-state index >= 15 is 0 Å². The molecule has 0 spiro atoms. The molecule has 2 unspecified atom stereocenters. The minimum Gasteiger partial charge on any atom is -0.481 e. The first-order valence-corrected chi connectivity index (χ1v) is 16.9. The topological polar surface area (TPSA) is 238 Å². The number of nitrogens with one attached hydrogen (secondary N) is 4. The zero-order valence-electron chi connectivity index (χ0n) is 31.2. The highest BCUT2D eigenvalue weighted by atomic mass is 16.5. The molecule has 0 saturated heterocycles. The Kier molecular flexibility index (Phi) is 16.6. The van der Waals surface area contributed by atoms with Gasteiger partial charge in [0.2, 0.25) is 17.7 Å². The van der Waals surface area contributed by atoms with Gasteiger partial charge in [0.15, 0.2) is 0 Å². The van der Waals surface area contributed by atoms with Crippen LogP contribution in [0, 0.1) is 34.5 Å². The summed E-state index contributed by atoms with van der Waals surface area (Å²) in [5, 5.41) is 39.4. The van der Waals surface area contributed by atoms with E-state index in [0.717, 1.165) is 0 Å². The van der Waals surface area contributed by atoms with E-state index in [2.05, 4.69) is 21.3 Å². The van der Waals surface area contributed by atoms with Crippen LogP contribution in [0.25, 0.3) is 0 Å². The molecule has 4 amide bonds. The molecule has 15 nitrogen and oxygen atoms in total. The summed E-state index contributed by atoms with van der Waals surface area (Å²) in [6, 6.07) is 3.19. The predicted octanol–water partition coefficient (Wildman–Crippen LogP) is 3.41. The number of hydrogen-bond donors (Lipinski definition) is 7. The Morgan fingerprint density at radius 3 is 1.39 bits per heavy atom. The fraction of sp³-hybridized carbons (Fsp3) is 0.639. The molecule has 1 rings (SSSR count). The molecular weight excluding hydrogens is 664 g/mol. The summed E-state index contributed by atoms with van der Waals surface area (Å²) in [5.41, 5.74) is -0.961. The van der Waals surface area contributed by atoms with Crippen LogP contribution < -0.4 is 21.3 Å². The van der Waals surface area contributed by atoms with Gasteiger partial charge >= 0.3 is 24.0 Å². The van der Waals surface area contributed by atoms with Crippen LogP contribution in [0.1, 0.15) is 87.6 Å². The molecule has 6 atom stereocenters. The summed E-state index contributed by atoms with van der Waals surface area (Å²) in [6.45, 7) is 16.3. The van der Waals surface area contributed by atoms with Crippen molar-refractivity contribution in [3.05, 3.63) is 35.9 Å². The number of aliphatic carboxylic acids is 3. The SMILES string of the molecule is CC(C)[C@H](NC(=O)[C@H](CC(C(=O)O)C(C)(C)C)NC(=O)OCc1ccccc1)C(=O)N[C@H](C(=O)N[C@@H](CC(C(=O)O)C(C)(C)C)C(=O)O)C(C)C. The molecule has 0 saturated carbocycles. The number of carboxylic acid groups (broad SMARTS) is 3. The van der Waals surface area contributed by atoms with Crippen LogP contribution in [0.2, 0.25) is 0 Å². The van der Waals surface area contributed by atoms with Crippen LogP contribution in [-0.2, 0) is 40.1 Å². The highest BCUT2D eigenvalue weighted by Gasteiger charge is 2.40. The molecular formula is C36H56N4O11. The van der Waals surface area contributed by atoms with Crippen LogP contribution in [0.4, 0.5) is 4.79 Å². The molecule has 51 heavy (non-hydrogen) atoms. The van der Waals surface area contributed by atoms with Crippen molar-refractivity contribution in [3.8, 4) is 0 Å². The molecule has 0 fully saturated rings. The van der Waals surface area contributed by atoms with Gasteiger partial charge in [0.05, 0.1) is 11.8 Å². The first kappa shape index (κ1) is 44.3. The first-order valence-electron chi connectivity index (χ1n) is 16.9. The number of alkyl carbamates (subject to hydrolysis) is 1. The Labute approximate surface area is 299 Å². The number of carbonyl (C=O) groups excluding carboxylic acids is 4. The van der Waals surface area contributed by atoms with Gasteiger partial charge in [-0.05, 0) is 41.1 Å². The lowest BCUT2D eigenvalue weighted by Crippen LogP contribution is -2.60. The molecule has 1 aromatic rings. The summed E-state index contributed by atoms with van der Waals surface area (Å²) in [7, 11) is 0. The largest absolute Gasteiger partial charge is 0.481 e. The van der Waals surface area contributed by atoms with E-state index in [4.69, 9.17) is 4.74 Å². The monoisotopic (exact) mass is 720 g/mol. The molecule has 286 valence electrons. The van der Waals surface area contributed by atoms with Gasteiger partial charge in [-0.15, -0.1) is 0 Å². The summed E-state index contributed by atoms with van der Waals surface area (Å²) in [6.07, 6.45) is -1.72. The minimum atomic E-state index is -1.57. The van der Waals surface area contributed by atoms with E-state index in [1.807, 2.05) is 0 Å². The van der Waals surface area contributed by atoms with Gasteiger partial charge < -0.3 is 41.3 Å². The van der Waals surface area contributed by atoms with Crippen LogP contribution in [0.3, 0.4) is 0 Å². The number of carbonyl (C=O) groups is 7. The van der Waals surface area contributed by atoms with Crippen LogP contribution in [0.5, 0.6) is 0 Å². The summed E-state index contributed by atoms with van der Waals surface area (Å²) < 4.78 is 5.27. The summed E-state index contributed by atoms with van der Waals surface area (Å²) in [4.78, 5) is 89.7. The number of ether oxygens (including phenoxy) is 1. The maximum absolute atomic E-state index is 13.7.